The Morgan fingerprint density at radius 2 is 2.00 bits per heavy atom. The van der Waals surface area contributed by atoms with Crippen LogP contribution in [-0.4, -0.2) is 24.3 Å². The lowest BCUT2D eigenvalue weighted by Crippen LogP contribution is -2.56. The number of para-hydroxylation sites is 1. The van der Waals surface area contributed by atoms with Crippen molar-refractivity contribution in [3.63, 3.8) is 0 Å². The SMILES string of the molecule is CN1C[C@H]2CCCC[C@H]2N[P+]1([O-])Oc1ccccc1. The normalized spacial score (nSPS) is 35.7. The minimum atomic E-state index is -2.93. The number of rotatable bonds is 2. The molecular formula is C14H21N2O2P. The molecule has 0 radical (unpaired) electrons. The monoisotopic (exact) mass is 280 g/mol. The Labute approximate surface area is 115 Å². The minimum Gasteiger partial charge on any atom is -0.618 e. The molecule has 1 N–H and O–H groups in total. The zero-order valence-electron chi connectivity index (χ0n) is 11.3. The zero-order chi connectivity index (χ0) is 13.3. The van der Waals surface area contributed by atoms with Gasteiger partial charge in [-0.05, 0) is 30.9 Å². The molecule has 0 amide bonds. The largest absolute Gasteiger partial charge is 0.618 e. The van der Waals surface area contributed by atoms with Crippen LogP contribution in [0, 0.1) is 5.92 Å². The highest BCUT2D eigenvalue weighted by Crippen LogP contribution is 2.54. The summed E-state index contributed by atoms with van der Waals surface area (Å²) in [5.74, 6) is 1.28. The van der Waals surface area contributed by atoms with Gasteiger partial charge in [-0.1, -0.05) is 31.0 Å². The van der Waals surface area contributed by atoms with Crippen molar-refractivity contribution in [1.29, 1.82) is 0 Å². The molecule has 1 aromatic carbocycles. The lowest BCUT2D eigenvalue weighted by Gasteiger charge is -2.47. The Morgan fingerprint density at radius 3 is 2.79 bits per heavy atom. The zero-order valence-corrected chi connectivity index (χ0v) is 12.2. The molecular weight excluding hydrogens is 259 g/mol. The smallest absolute Gasteiger partial charge is 0.300 e. The summed E-state index contributed by atoms with van der Waals surface area (Å²) in [6.45, 7) is 0.863. The number of nitrogens with zero attached hydrogens (tertiary/aromatic N) is 1. The van der Waals surface area contributed by atoms with E-state index in [1.165, 1.54) is 19.3 Å². The third kappa shape index (κ3) is 2.77. The number of nitrogens with one attached hydrogen (secondary N) is 1. The van der Waals surface area contributed by atoms with Gasteiger partial charge in [0.05, 0.1) is 6.04 Å². The molecule has 1 saturated carbocycles. The fourth-order valence-electron chi connectivity index (χ4n) is 3.07. The van der Waals surface area contributed by atoms with Crippen LogP contribution < -0.4 is 14.5 Å². The van der Waals surface area contributed by atoms with Crippen LogP contribution in [0.15, 0.2) is 30.3 Å². The highest BCUT2D eigenvalue weighted by Gasteiger charge is 2.47. The van der Waals surface area contributed by atoms with E-state index in [1.807, 2.05) is 42.0 Å². The Bertz CT molecular complexity index is 431. The van der Waals surface area contributed by atoms with Crippen LogP contribution in [0.4, 0.5) is 0 Å². The maximum absolute atomic E-state index is 13.0. The lowest BCUT2D eigenvalue weighted by atomic mass is 9.85. The van der Waals surface area contributed by atoms with Gasteiger partial charge in [0.2, 0.25) is 0 Å². The average Bonchev–Trinajstić information content (AvgIpc) is 2.41. The second kappa shape index (κ2) is 5.37. The van der Waals surface area contributed by atoms with E-state index in [0.29, 0.717) is 17.7 Å². The molecule has 104 valence electrons. The fraction of sp³-hybridized carbons (Fsp3) is 0.571. The second-order valence-corrected chi connectivity index (χ2v) is 7.71. The van der Waals surface area contributed by atoms with E-state index in [0.717, 1.165) is 13.0 Å². The summed E-state index contributed by atoms with van der Waals surface area (Å²) in [5.41, 5.74) is 0. The average molecular weight is 280 g/mol. The molecule has 1 aromatic rings. The molecule has 1 unspecified atom stereocenters. The summed E-state index contributed by atoms with van der Waals surface area (Å²) >= 11 is 0. The molecule has 1 aliphatic carbocycles. The van der Waals surface area contributed by atoms with Crippen molar-refractivity contribution in [2.24, 2.45) is 5.92 Å². The fourth-order valence-corrected chi connectivity index (χ4v) is 5.05. The first kappa shape index (κ1) is 13.3. The molecule has 19 heavy (non-hydrogen) atoms. The summed E-state index contributed by atoms with van der Waals surface area (Å²) in [6.07, 6.45) is 4.86. The number of hydrogen-bond acceptors (Lipinski definition) is 4. The van der Waals surface area contributed by atoms with Gasteiger partial charge < -0.3 is 9.42 Å². The van der Waals surface area contributed by atoms with Gasteiger partial charge in [0.1, 0.15) is 0 Å². The van der Waals surface area contributed by atoms with Gasteiger partial charge >= 0.3 is 0 Å². The third-order valence-corrected chi connectivity index (χ3v) is 6.34. The molecule has 0 spiro atoms. The molecule has 1 aliphatic heterocycles. The quantitative estimate of drug-likeness (QED) is 0.844. The third-order valence-electron chi connectivity index (χ3n) is 4.16. The summed E-state index contributed by atoms with van der Waals surface area (Å²) in [5, 5.41) is 3.29. The predicted molar refractivity (Wildman–Crippen MR) is 75.5 cm³/mol. The van der Waals surface area contributed by atoms with Gasteiger partial charge in [-0.25, -0.2) is 0 Å². The topological polar surface area (TPSA) is 47.6 Å². The van der Waals surface area contributed by atoms with Crippen molar-refractivity contribution in [2.45, 2.75) is 31.7 Å². The van der Waals surface area contributed by atoms with Crippen LogP contribution in [0.25, 0.3) is 0 Å². The first-order chi connectivity index (χ1) is 9.17. The second-order valence-electron chi connectivity index (χ2n) is 5.55. The Morgan fingerprint density at radius 1 is 1.26 bits per heavy atom. The van der Waals surface area contributed by atoms with Crippen LogP contribution >= 0.6 is 8.02 Å². The van der Waals surface area contributed by atoms with Crippen molar-refractivity contribution in [2.75, 3.05) is 13.6 Å². The first-order valence-electron chi connectivity index (χ1n) is 7.01. The van der Waals surface area contributed by atoms with E-state index < -0.39 is 8.02 Å². The van der Waals surface area contributed by atoms with Crippen LogP contribution in [0.2, 0.25) is 0 Å². The number of benzene rings is 1. The Hall–Kier alpha value is -0.670. The van der Waals surface area contributed by atoms with E-state index in [-0.39, 0.29) is 0 Å². The molecule has 1 saturated heterocycles. The van der Waals surface area contributed by atoms with E-state index in [9.17, 15) is 4.89 Å². The van der Waals surface area contributed by atoms with Gasteiger partial charge in [0.25, 0.3) is 8.02 Å². The molecule has 1 heterocycles. The Kier molecular flexibility index (Phi) is 3.77. The lowest BCUT2D eigenvalue weighted by molar-refractivity contribution is -0.206. The summed E-state index contributed by atoms with van der Waals surface area (Å²) in [4.78, 5) is 13.0. The molecule has 0 bridgehead atoms. The van der Waals surface area contributed by atoms with Crippen LogP contribution in [0.3, 0.4) is 0 Å². The van der Waals surface area contributed by atoms with Gasteiger partial charge in [0.15, 0.2) is 5.75 Å². The molecule has 2 aliphatic rings. The highest BCUT2D eigenvalue weighted by molar-refractivity contribution is 7.60. The maximum Gasteiger partial charge on any atom is 0.300 e. The van der Waals surface area contributed by atoms with Crippen LogP contribution in [0.1, 0.15) is 25.7 Å². The van der Waals surface area contributed by atoms with Crippen molar-refractivity contribution in [3.05, 3.63) is 30.3 Å². The first-order valence-corrected chi connectivity index (χ1v) is 8.59. The minimum absolute atomic E-state index is 0.347. The van der Waals surface area contributed by atoms with Crippen LogP contribution in [-0.2, 0) is 0 Å². The molecule has 0 aromatic heterocycles. The van der Waals surface area contributed by atoms with Gasteiger partial charge in [0, 0.05) is 13.6 Å². The van der Waals surface area contributed by atoms with Crippen molar-refractivity contribution in [1.82, 2.24) is 9.76 Å². The highest BCUT2D eigenvalue weighted by atomic mass is 31.2. The van der Waals surface area contributed by atoms with Crippen molar-refractivity contribution >= 4 is 8.02 Å². The van der Waals surface area contributed by atoms with Gasteiger partial charge in [-0.3, -0.25) is 0 Å². The predicted octanol–water partition coefficient (Wildman–Crippen LogP) is 2.20. The van der Waals surface area contributed by atoms with Gasteiger partial charge in [-0.2, -0.15) is 0 Å². The number of fused-ring (bicyclic) bond motifs is 1. The molecule has 5 heteroatoms. The molecule has 3 atom stereocenters. The number of hydrogen-bond donors (Lipinski definition) is 1. The molecule has 2 fully saturated rings. The van der Waals surface area contributed by atoms with E-state index in [2.05, 4.69) is 5.09 Å². The maximum atomic E-state index is 13.0. The van der Waals surface area contributed by atoms with E-state index in [4.69, 9.17) is 4.52 Å². The Balaban J connectivity index is 1.75. The van der Waals surface area contributed by atoms with E-state index in [1.54, 1.807) is 0 Å². The van der Waals surface area contributed by atoms with Crippen molar-refractivity contribution < 1.29 is 9.42 Å². The summed E-state index contributed by atoms with van der Waals surface area (Å²) in [7, 11) is -1.04. The van der Waals surface area contributed by atoms with Crippen LogP contribution in [0.5, 0.6) is 5.75 Å². The summed E-state index contributed by atoms with van der Waals surface area (Å²) < 4.78 is 7.64. The standard InChI is InChI=1S/C14H21N2O2P/c1-16-11-12-7-5-6-10-14(12)15-19(16,17)18-13-8-3-2-4-9-13/h2-4,8-9,12,14H,5-7,10-11H2,1H3,(H,15,17)/t12-,14-,19?/m1/s1. The summed E-state index contributed by atoms with van der Waals surface area (Å²) in [6, 6.07) is 9.77. The molecule has 4 nitrogen and oxygen atoms in total. The van der Waals surface area contributed by atoms with E-state index >= 15 is 0 Å². The van der Waals surface area contributed by atoms with Crippen molar-refractivity contribution in [3.8, 4) is 5.75 Å². The van der Waals surface area contributed by atoms with Gasteiger partial charge in [-0.15, -0.1) is 9.76 Å². The molecule has 3 rings (SSSR count).